The van der Waals surface area contributed by atoms with E-state index in [1.807, 2.05) is 12.1 Å². The maximum Gasteiger partial charge on any atom is 0.417 e. The van der Waals surface area contributed by atoms with Crippen LogP contribution in [0.5, 0.6) is 5.75 Å². The summed E-state index contributed by atoms with van der Waals surface area (Å²) in [5.41, 5.74) is 0.314. The number of hydrogen-bond donors (Lipinski definition) is 0. The normalized spacial score (nSPS) is 23.3. The largest absolute Gasteiger partial charge is 0.490 e. The summed E-state index contributed by atoms with van der Waals surface area (Å²) in [4.78, 5) is 17.0. The third kappa shape index (κ3) is 4.95. The van der Waals surface area contributed by atoms with Gasteiger partial charge >= 0.3 is 6.18 Å². The number of ketones is 1. The number of halogens is 3. The lowest BCUT2D eigenvalue weighted by Crippen LogP contribution is -2.26. The Hall–Kier alpha value is -2.88. The Balaban J connectivity index is 1.27. The predicted molar refractivity (Wildman–Crippen MR) is 112 cm³/mol. The van der Waals surface area contributed by atoms with Crippen LogP contribution in [0.2, 0.25) is 0 Å². The first-order valence-corrected chi connectivity index (χ1v) is 11.1. The second-order valence-electron chi connectivity index (χ2n) is 8.75. The van der Waals surface area contributed by atoms with Gasteiger partial charge in [0.15, 0.2) is 5.78 Å². The van der Waals surface area contributed by atoms with Crippen molar-refractivity contribution in [2.45, 2.75) is 63.6 Å². The van der Waals surface area contributed by atoms with E-state index in [9.17, 15) is 18.0 Å². The first-order chi connectivity index (χ1) is 15.3. The van der Waals surface area contributed by atoms with Crippen molar-refractivity contribution in [2.24, 2.45) is 11.8 Å². The van der Waals surface area contributed by atoms with Crippen LogP contribution in [0.25, 0.3) is 0 Å². The molecule has 0 amide bonds. The van der Waals surface area contributed by atoms with E-state index >= 15 is 0 Å². The van der Waals surface area contributed by atoms with E-state index < -0.39 is 17.3 Å². The summed E-state index contributed by atoms with van der Waals surface area (Å²) in [7, 11) is 0. The van der Waals surface area contributed by atoms with Gasteiger partial charge in [-0.2, -0.15) is 18.4 Å². The van der Waals surface area contributed by atoms with Gasteiger partial charge in [0.25, 0.3) is 0 Å². The Morgan fingerprint density at radius 2 is 1.88 bits per heavy atom. The first-order valence-electron chi connectivity index (χ1n) is 11.1. The number of rotatable bonds is 5. The van der Waals surface area contributed by atoms with Crippen LogP contribution in [-0.2, 0) is 12.6 Å². The maximum atomic E-state index is 13.2. The molecule has 1 fully saturated rings. The summed E-state index contributed by atoms with van der Waals surface area (Å²) in [6.45, 7) is 0. The zero-order valence-corrected chi connectivity index (χ0v) is 17.7. The fraction of sp³-hybridized carbons (Fsp3) is 0.480. The number of pyridine rings is 1. The van der Waals surface area contributed by atoms with Gasteiger partial charge in [-0.05, 0) is 87.6 Å². The zero-order valence-electron chi connectivity index (χ0n) is 17.7. The highest BCUT2D eigenvalue weighted by molar-refractivity contribution is 5.99. The number of benzene rings is 1. The molecule has 0 radical (unpaired) electrons. The molecule has 7 heteroatoms. The van der Waals surface area contributed by atoms with Crippen molar-refractivity contribution in [3.8, 4) is 11.8 Å². The molecule has 0 aliphatic heterocycles. The van der Waals surface area contributed by atoms with Crippen LogP contribution in [-0.4, -0.2) is 16.9 Å². The van der Waals surface area contributed by atoms with E-state index in [2.05, 4.69) is 4.98 Å². The van der Waals surface area contributed by atoms with Crippen molar-refractivity contribution >= 4 is 5.78 Å². The number of fused-ring (bicyclic) bond motifs is 1. The number of aromatic nitrogens is 1. The van der Waals surface area contributed by atoms with Gasteiger partial charge in [-0.3, -0.25) is 9.78 Å². The van der Waals surface area contributed by atoms with Crippen LogP contribution in [0, 0.1) is 23.2 Å². The van der Waals surface area contributed by atoms with Crippen molar-refractivity contribution in [1.82, 2.24) is 4.98 Å². The minimum Gasteiger partial charge on any atom is -0.490 e. The molecule has 1 saturated carbocycles. The number of nitriles is 1. The molecular formula is C25H25F3N2O2. The summed E-state index contributed by atoms with van der Waals surface area (Å²) in [6, 6.07) is 8.78. The lowest BCUT2D eigenvalue weighted by atomic mass is 9.78. The van der Waals surface area contributed by atoms with E-state index in [1.54, 1.807) is 12.3 Å². The van der Waals surface area contributed by atoms with E-state index in [-0.39, 0.29) is 23.6 Å². The van der Waals surface area contributed by atoms with Crippen molar-refractivity contribution in [3.63, 3.8) is 0 Å². The third-order valence-corrected chi connectivity index (χ3v) is 6.69. The minimum atomic E-state index is -4.59. The predicted octanol–water partition coefficient (Wildman–Crippen LogP) is 6.14. The van der Waals surface area contributed by atoms with Crippen LogP contribution < -0.4 is 4.74 Å². The summed E-state index contributed by atoms with van der Waals surface area (Å²) in [6.07, 6.45) is 3.98. The van der Waals surface area contributed by atoms with Crippen LogP contribution in [0.15, 0.2) is 36.5 Å². The summed E-state index contributed by atoms with van der Waals surface area (Å²) in [5, 5.41) is 8.92. The standard InChI is InChI=1S/C25H25F3N2O2/c26-25(27,28)22-14-20(11-7-18(22)15-29)32-19-9-4-16(5-10-19)3-6-17-8-12-23-21(24(17)31)2-1-13-30-23/h1-2,7,11,13-14,16-17,19H,3-6,8-10,12H2/t16-,17?,19-. The Labute approximate surface area is 185 Å². The van der Waals surface area contributed by atoms with Gasteiger partial charge in [0.1, 0.15) is 5.75 Å². The molecule has 0 bridgehead atoms. The van der Waals surface area contributed by atoms with Gasteiger partial charge < -0.3 is 4.74 Å². The Morgan fingerprint density at radius 3 is 2.59 bits per heavy atom. The molecule has 1 aromatic carbocycles. The van der Waals surface area contributed by atoms with Crippen molar-refractivity contribution in [1.29, 1.82) is 5.26 Å². The Bertz CT molecular complexity index is 1020. The highest BCUT2D eigenvalue weighted by atomic mass is 19.4. The zero-order chi connectivity index (χ0) is 22.7. The second kappa shape index (κ2) is 9.32. The van der Waals surface area contributed by atoms with Gasteiger partial charge in [0.05, 0.1) is 29.0 Å². The summed E-state index contributed by atoms with van der Waals surface area (Å²) in [5.74, 6) is 0.919. The molecule has 0 N–H and O–H groups in total. The van der Waals surface area contributed by atoms with Crippen LogP contribution in [0.3, 0.4) is 0 Å². The number of alkyl halides is 3. The molecule has 0 spiro atoms. The lowest BCUT2D eigenvalue weighted by Gasteiger charge is -2.30. The minimum absolute atomic E-state index is 0.0557. The maximum absolute atomic E-state index is 13.2. The number of Topliss-reactive ketones (excluding diaryl/α,β-unsaturated/α-hetero) is 1. The van der Waals surface area contributed by atoms with E-state index in [4.69, 9.17) is 10.00 Å². The molecule has 168 valence electrons. The molecular weight excluding hydrogens is 417 g/mol. The molecule has 1 unspecified atom stereocenters. The van der Waals surface area contributed by atoms with Crippen LogP contribution in [0.4, 0.5) is 13.2 Å². The topological polar surface area (TPSA) is 63.0 Å². The average molecular weight is 442 g/mol. The first kappa shape index (κ1) is 22.3. The molecule has 1 heterocycles. The highest BCUT2D eigenvalue weighted by Crippen LogP contribution is 2.37. The highest BCUT2D eigenvalue weighted by Gasteiger charge is 2.34. The third-order valence-electron chi connectivity index (χ3n) is 6.69. The van der Waals surface area contributed by atoms with Crippen molar-refractivity contribution in [2.75, 3.05) is 0 Å². The molecule has 2 aliphatic rings. The molecule has 2 aromatic rings. The van der Waals surface area contributed by atoms with Gasteiger partial charge in [-0.1, -0.05) is 0 Å². The van der Waals surface area contributed by atoms with Crippen molar-refractivity contribution in [3.05, 3.63) is 58.9 Å². The number of ether oxygens (including phenoxy) is 1. The number of hydrogen-bond acceptors (Lipinski definition) is 4. The molecule has 0 saturated heterocycles. The molecule has 2 aliphatic carbocycles. The van der Waals surface area contributed by atoms with Gasteiger partial charge in [0, 0.05) is 17.7 Å². The molecule has 32 heavy (non-hydrogen) atoms. The van der Waals surface area contributed by atoms with Crippen LogP contribution >= 0.6 is 0 Å². The fourth-order valence-corrected chi connectivity index (χ4v) is 4.90. The summed E-state index contributed by atoms with van der Waals surface area (Å²) >= 11 is 0. The summed E-state index contributed by atoms with van der Waals surface area (Å²) < 4.78 is 45.3. The van der Waals surface area contributed by atoms with Crippen molar-refractivity contribution < 1.29 is 22.7 Å². The molecule has 4 nitrogen and oxygen atoms in total. The van der Waals surface area contributed by atoms with E-state index in [0.29, 0.717) is 5.92 Å². The van der Waals surface area contributed by atoms with E-state index in [1.165, 1.54) is 12.1 Å². The van der Waals surface area contributed by atoms with Gasteiger partial charge in [-0.25, -0.2) is 0 Å². The number of nitrogens with zero attached hydrogens (tertiary/aromatic N) is 2. The number of carbonyl (C=O) groups excluding carboxylic acids is 1. The second-order valence-corrected chi connectivity index (χ2v) is 8.75. The SMILES string of the molecule is N#Cc1ccc(O[C@H]2CC[C@H](CCC3CCc4ncccc4C3=O)CC2)cc1C(F)(F)F. The monoisotopic (exact) mass is 442 g/mol. The number of carbonyl (C=O) groups is 1. The molecule has 4 rings (SSSR count). The van der Waals surface area contributed by atoms with Crippen LogP contribution in [0.1, 0.15) is 72.1 Å². The average Bonchev–Trinajstić information content (AvgIpc) is 2.79. The Kier molecular flexibility index (Phi) is 6.50. The number of aryl methyl sites for hydroxylation is 1. The fourth-order valence-electron chi connectivity index (χ4n) is 4.90. The molecule has 1 aromatic heterocycles. The van der Waals surface area contributed by atoms with Gasteiger partial charge in [-0.15, -0.1) is 0 Å². The Morgan fingerprint density at radius 1 is 1.09 bits per heavy atom. The lowest BCUT2D eigenvalue weighted by molar-refractivity contribution is -0.137. The van der Waals surface area contributed by atoms with E-state index in [0.717, 1.165) is 68.7 Å². The quantitative estimate of drug-likeness (QED) is 0.558. The van der Waals surface area contributed by atoms with Gasteiger partial charge in [0.2, 0.25) is 0 Å². The molecule has 1 atom stereocenters. The smallest absolute Gasteiger partial charge is 0.417 e.